The van der Waals surface area contributed by atoms with E-state index < -0.39 is 5.60 Å². The van der Waals surface area contributed by atoms with Gasteiger partial charge in [0.2, 0.25) is 5.78 Å². The smallest absolute Gasteiger partial charge is 0.263 e. The van der Waals surface area contributed by atoms with Gasteiger partial charge in [-0.1, -0.05) is 11.6 Å². The number of benzene rings is 1. The number of rotatable bonds is 5. The largest absolute Gasteiger partial charge is 0.478 e. The molecule has 0 aromatic heterocycles. The van der Waals surface area contributed by atoms with Gasteiger partial charge in [0.05, 0.1) is 0 Å². The Labute approximate surface area is 171 Å². The fraction of sp³-hybridized carbons (Fsp3) is 0.565. The zero-order chi connectivity index (χ0) is 20.1. The third-order valence-electron chi connectivity index (χ3n) is 6.92. The van der Waals surface area contributed by atoms with Crippen molar-refractivity contribution in [2.75, 3.05) is 0 Å². The van der Waals surface area contributed by atoms with Gasteiger partial charge in [0.1, 0.15) is 5.75 Å². The van der Waals surface area contributed by atoms with Crippen molar-refractivity contribution in [3.05, 3.63) is 29.3 Å². The number of ether oxygens (including phenoxy) is 1. The zero-order valence-electron chi connectivity index (χ0n) is 16.3. The predicted molar refractivity (Wildman–Crippen MR) is 108 cm³/mol. The molecule has 4 aliphatic rings. The maximum absolute atomic E-state index is 13.0. The first-order valence-electron chi connectivity index (χ1n) is 9.99. The molecule has 4 aliphatic carbocycles. The summed E-state index contributed by atoms with van der Waals surface area (Å²) < 4.78 is 5.94. The summed E-state index contributed by atoms with van der Waals surface area (Å²) in [5.74, 6) is 4.01. The highest BCUT2D eigenvalue weighted by Gasteiger charge is 2.58. The normalized spacial score (nSPS) is 33.2. The van der Waals surface area contributed by atoms with Crippen molar-refractivity contribution in [1.29, 1.82) is 0 Å². The van der Waals surface area contributed by atoms with E-state index in [0.29, 0.717) is 28.5 Å². The Bertz CT molecular complexity index is 822. The second-order valence-corrected chi connectivity index (χ2v) is 9.73. The molecule has 0 radical (unpaired) electrons. The number of nitrogens with one attached hydrogen (secondary N) is 1. The van der Waals surface area contributed by atoms with Gasteiger partial charge >= 0.3 is 0 Å². The van der Waals surface area contributed by atoms with E-state index in [0.717, 1.165) is 32.1 Å². The van der Waals surface area contributed by atoms with Crippen LogP contribution in [0.25, 0.3) is 0 Å². The highest BCUT2D eigenvalue weighted by atomic mass is 35.5. The molecule has 0 heterocycles. The van der Waals surface area contributed by atoms with E-state index in [-0.39, 0.29) is 23.1 Å². The summed E-state index contributed by atoms with van der Waals surface area (Å²) in [6.07, 6.45) is 10.1. The van der Waals surface area contributed by atoms with Crippen molar-refractivity contribution in [2.24, 2.45) is 23.2 Å². The molecule has 1 aromatic rings. The van der Waals surface area contributed by atoms with Crippen molar-refractivity contribution >= 4 is 23.3 Å². The highest BCUT2D eigenvalue weighted by Crippen LogP contribution is 2.60. The van der Waals surface area contributed by atoms with Crippen LogP contribution in [0.5, 0.6) is 5.75 Å². The molecular formula is C23H26ClNO3. The number of amides is 1. The molecule has 2 unspecified atom stereocenters. The molecule has 1 amide bonds. The molecule has 5 heteroatoms. The van der Waals surface area contributed by atoms with E-state index in [1.807, 2.05) is 0 Å². The summed E-state index contributed by atoms with van der Waals surface area (Å²) in [5, 5.41) is 3.88. The van der Waals surface area contributed by atoms with Gasteiger partial charge in [0, 0.05) is 16.5 Å². The molecule has 0 spiro atoms. The topological polar surface area (TPSA) is 55.4 Å². The molecule has 1 N–H and O–H groups in total. The lowest BCUT2D eigenvalue weighted by atomic mass is 9.47. The summed E-state index contributed by atoms with van der Waals surface area (Å²) >= 11 is 5.92. The van der Waals surface area contributed by atoms with Crippen molar-refractivity contribution in [3.8, 4) is 18.1 Å². The fourth-order valence-corrected chi connectivity index (χ4v) is 5.99. The predicted octanol–water partition coefficient (Wildman–Crippen LogP) is 4.01. The highest BCUT2D eigenvalue weighted by molar-refractivity contribution is 6.30. The minimum absolute atomic E-state index is 0.0388. The van der Waals surface area contributed by atoms with Gasteiger partial charge in [0.25, 0.3) is 5.91 Å². The van der Waals surface area contributed by atoms with Crippen molar-refractivity contribution in [2.45, 2.75) is 57.6 Å². The number of halogens is 1. The average molecular weight is 400 g/mol. The molecule has 28 heavy (non-hydrogen) atoms. The summed E-state index contributed by atoms with van der Waals surface area (Å²) in [6, 6.07) is 7.09. The number of terminal acetylenes is 1. The Kier molecular flexibility index (Phi) is 4.70. The second kappa shape index (κ2) is 6.81. The van der Waals surface area contributed by atoms with Crippen LogP contribution in [0.1, 0.15) is 46.0 Å². The first-order valence-corrected chi connectivity index (χ1v) is 10.4. The van der Waals surface area contributed by atoms with Gasteiger partial charge in [-0.05, 0) is 93.9 Å². The summed E-state index contributed by atoms with van der Waals surface area (Å²) in [6.45, 7) is 3.55. The van der Waals surface area contributed by atoms with Gasteiger partial charge in [-0.2, -0.15) is 0 Å². The molecule has 4 bridgehead atoms. The van der Waals surface area contributed by atoms with Crippen LogP contribution >= 0.6 is 11.6 Å². The van der Waals surface area contributed by atoms with E-state index in [9.17, 15) is 9.59 Å². The molecular weight excluding hydrogens is 374 g/mol. The average Bonchev–Trinajstić information content (AvgIpc) is 2.65. The van der Waals surface area contributed by atoms with Crippen LogP contribution in [0.2, 0.25) is 5.02 Å². The van der Waals surface area contributed by atoms with Crippen LogP contribution in [0, 0.1) is 35.5 Å². The third kappa shape index (κ3) is 3.31. The second-order valence-electron chi connectivity index (χ2n) is 9.29. The maximum atomic E-state index is 13.0. The fourth-order valence-electron chi connectivity index (χ4n) is 5.86. The Balaban J connectivity index is 1.46. The van der Waals surface area contributed by atoms with Gasteiger partial charge in [-0.15, -0.1) is 6.42 Å². The van der Waals surface area contributed by atoms with Crippen molar-refractivity contribution in [3.63, 3.8) is 0 Å². The lowest BCUT2D eigenvalue weighted by Crippen LogP contribution is -2.63. The molecule has 4 fully saturated rings. The number of Topliss-reactive ketones (excluding diaryl/α,β-unsaturated/α-hetero) is 1. The number of carbonyl (C=O) groups is 2. The zero-order valence-corrected chi connectivity index (χ0v) is 17.1. The molecule has 148 valence electrons. The van der Waals surface area contributed by atoms with Crippen LogP contribution in [0.4, 0.5) is 0 Å². The number of hydrogen-bond acceptors (Lipinski definition) is 3. The van der Waals surface area contributed by atoms with E-state index in [1.165, 1.54) is 0 Å². The first-order chi connectivity index (χ1) is 13.2. The molecule has 4 saturated carbocycles. The minimum atomic E-state index is -1.01. The van der Waals surface area contributed by atoms with Crippen molar-refractivity contribution in [1.82, 2.24) is 5.32 Å². The number of ketones is 1. The molecule has 2 atom stereocenters. The van der Waals surface area contributed by atoms with Gasteiger partial charge in [-0.3, -0.25) is 9.59 Å². The Morgan fingerprint density at radius 1 is 1.18 bits per heavy atom. The first kappa shape index (κ1) is 19.3. The number of hydrogen-bond donors (Lipinski definition) is 1. The molecule has 0 saturated heterocycles. The molecule has 1 aromatic carbocycles. The van der Waals surface area contributed by atoms with Gasteiger partial charge in [-0.25, -0.2) is 0 Å². The summed E-state index contributed by atoms with van der Waals surface area (Å²) in [7, 11) is 0. The quantitative estimate of drug-likeness (QED) is 0.601. The number of carbonyl (C=O) groups excluding carboxylic acids is 2. The van der Waals surface area contributed by atoms with Gasteiger partial charge < -0.3 is 10.1 Å². The van der Waals surface area contributed by atoms with E-state index in [4.69, 9.17) is 22.8 Å². The third-order valence-corrected chi connectivity index (χ3v) is 7.17. The Morgan fingerprint density at radius 2 is 1.79 bits per heavy atom. The monoisotopic (exact) mass is 399 g/mol. The lowest BCUT2D eigenvalue weighted by Gasteiger charge is -2.59. The molecule has 4 nitrogen and oxygen atoms in total. The SMILES string of the molecule is C#CC(=O)C12CC3CC(C1)C(NC(=O)C(C)(C)Oc1ccc(Cl)cc1)C(C3)C2. The molecule has 5 rings (SSSR count). The van der Waals surface area contributed by atoms with Crippen LogP contribution in [0.3, 0.4) is 0 Å². The van der Waals surface area contributed by atoms with E-state index in [1.54, 1.807) is 38.1 Å². The van der Waals surface area contributed by atoms with E-state index >= 15 is 0 Å². The minimum Gasteiger partial charge on any atom is -0.478 e. The maximum Gasteiger partial charge on any atom is 0.263 e. The Morgan fingerprint density at radius 3 is 2.36 bits per heavy atom. The van der Waals surface area contributed by atoms with Crippen LogP contribution < -0.4 is 10.1 Å². The summed E-state index contributed by atoms with van der Waals surface area (Å²) in [4.78, 5) is 25.5. The van der Waals surface area contributed by atoms with Gasteiger partial charge in [0.15, 0.2) is 5.60 Å². The standard InChI is InChI=1S/C23H26ClNO3/c1-4-19(26)23-11-14-9-15(12-23)20(16(10-14)13-23)25-21(27)22(2,3)28-18-7-5-17(24)6-8-18/h1,5-8,14-16,20H,9-13H2,2-3H3,(H,25,27). The summed E-state index contributed by atoms with van der Waals surface area (Å²) in [5.41, 5.74) is -1.35. The van der Waals surface area contributed by atoms with E-state index in [2.05, 4.69) is 11.2 Å². The van der Waals surface area contributed by atoms with Crippen LogP contribution in [0.15, 0.2) is 24.3 Å². The Hall–Kier alpha value is -1.99. The van der Waals surface area contributed by atoms with Crippen LogP contribution in [-0.4, -0.2) is 23.3 Å². The van der Waals surface area contributed by atoms with Crippen LogP contribution in [-0.2, 0) is 9.59 Å². The molecule has 0 aliphatic heterocycles. The van der Waals surface area contributed by atoms with Crippen molar-refractivity contribution < 1.29 is 14.3 Å². The lowest BCUT2D eigenvalue weighted by molar-refractivity contribution is -0.147.